The molecule has 0 bridgehead atoms. The van der Waals surface area contributed by atoms with Crippen LogP contribution in [0.25, 0.3) is 55.8 Å². The molecule has 0 N–H and O–H groups in total. The van der Waals surface area contributed by atoms with E-state index in [9.17, 15) is 0 Å². The van der Waals surface area contributed by atoms with E-state index in [1.807, 2.05) is 6.20 Å². The molecule has 3 aliphatic carbocycles. The molecule has 6 aromatic rings. The van der Waals surface area contributed by atoms with Crippen LogP contribution in [0, 0.1) is 0 Å². The van der Waals surface area contributed by atoms with Crippen molar-refractivity contribution in [3.8, 4) is 55.8 Å². The Morgan fingerprint density at radius 1 is 0.378 bits per heavy atom. The first-order valence-corrected chi connectivity index (χ1v) is 16.2. The van der Waals surface area contributed by atoms with Crippen LogP contribution in [0.15, 0.2) is 115 Å². The molecule has 5 aromatic carbocycles. The Morgan fingerprint density at radius 3 is 1.42 bits per heavy atom. The van der Waals surface area contributed by atoms with Gasteiger partial charge < -0.3 is 0 Å². The lowest BCUT2D eigenvalue weighted by Gasteiger charge is -2.25. The fourth-order valence-electron chi connectivity index (χ4n) is 8.88. The molecule has 1 heterocycles. The van der Waals surface area contributed by atoms with Crippen molar-refractivity contribution in [2.75, 3.05) is 0 Å². The molecular weight excluding hydrogens is 542 g/mol. The number of aromatic nitrogens is 1. The van der Waals surface area contributed by atoms with E-state index in [1.165, 1.54) is 83.5 Å². The predicted molar refractivity (Wildman–Crippen MR) is 188 cm³/mol. The molecule has 0 unspecified atom stereocenters. The predicted octanol–water partition coefficient (Wildman–Crippen LogP) is 11.3. The Labute approximate surface area is 266 Å². The molecule has 0 aliphatic heterocycles. The van der Waals surface area contributed by atoms with Gasteiger partial charge in [-0.2, -0.15) is 0 Å². The maximum absolute atomic E-state index is 4.90. The van der Waals surface area contributed by atoms with Gasteiger partial charge in [0, 0.05) is 28.0 Å². The summed E-state index contributed by atoms with van der Waals surface area (Å²) < 4.78 is 0. The number of benzene rings is 5. The van der Waals surface area contributed by atoms with E-state index in [-0.39, 0.29) is 16.2 Å². The van der Waals surface area contributed by atoms with Gasteiger partial charge in [-0.1, -0.05) is 126 Å². The third kappa shape index (κ3) is 3.42. The third-order valence-electron chi connectivity index (χ3n) is 11.3. The van der Waals surface area contributed by atoms with E-state index in [2.05, 4.69) is 151 Å². The van der Waals surface area contributed by atoms with E-state index < -0.39 is 0 Å². The number of pyridine rings is 1. The summed E-state index contributed by atoms with van der Waals surface area (Å²) in [6, 6.07) is 41.2. The molecule has 0 saturated heterocycles. The van der Waals surface area contributed by atoms with E-state index in [4.69, 9.17) is 4.98 Å². The van der Waals surface area contributed by atoms with Crippen molar-refractivity contribution in [1.82, 2.24) is 4.98 Å². The van der Waals surface area contributed by atoms with Gasteiger partial charge in [0.2, 0.25) is 0 Å². The van der Waals surface area contributed by atoms with Crippen LogP contribution in [0.3, 0.4) is 0 Å². The summed E-state index contributed by atoms with van der Waals surface area (Å²) in [5.74, 6) is 0. The maximum atomic E-state index is 4.90. The molecule has 0 amide bonds. The number of fused-ring (bicyclic) bond motifs is 9. The fraction of sp³-hybridized carbons (Fsp3) is 0.205. The van der Waals surface area contributed by atoms with Gasteiger partial charge in [0.1, 0.15) is 0 Å². The van der Waals surface area contributed by atoms with E-state index >= 15 is 0 Å². The fourth-order valence-corrected chi connectivity index (χ4v) is 8.88. The summed E-state index contributed by atoms with van der Waals surface area (Å²) in [6.45, 7) is 14.2. The molecule has 218 valence electrons. The van der Waals surface area contributed by atoms with Gasteiger partial charge in [0.15, 0.2) is 0 Å². The summed E-state index contributed by atoms with van der Waals surface area (Å²) in [6.07, 6.45) is 1.99. The molecule has 0 radical (unpaired) electrons. The van der Waals surface area contributed by atoms with Gasteiger partial charge in [-0.3, -0.25) is 4.98 Å². The average molecular weight is 580 g/mol. The molecule has 0 fully saturated rings. The minimum atomic E-state index is -0.113. The highest BCUT2D eigenvalue weighted by Crippen LogP contribution is 2.55. The maximum Gasteiger partial charge on any atom is 0.0752 e. The van der Waals surface area contributed by atoms with Crippen LogP contribution in [-0.2, 0) is 16.2 Å². The lowest BCUT2D eigenvalue weighted by Crippen LogP contribution is -2.17. The van der Waals surface area contributed by atoms with Gasteiger partial charge in [-0.25, -0.2) is 0 Å². The first-order valence-electron chi connectivity index (χ1n) is 16.2. The Hall–Kier alpha value is -4.75. The summed E-state index contributed by atoms with van der Waals surface area (Å²) in [7, 11) is 0. The van der Waals surface area contributed by atoms with Crippen LogP contribution < -0.4 is 0 Å². The zero-order valence-corrected chi connectivity index (χ0v) is 26.9. The highest BCUT2D eigenvalue weighted by molar-refractivity contribution is 5.90. The second kappa shape index (κ2) is 8.70. The second-order valence-corrected chi connectivity index (χ2v) is 14.8. The SMILES string of the molecule is CC1(C)c2ccccc2-c2ccc(-c3ccc4c(c3)C(C)(C)c3cc(-c5ccnc6c5C(C)(C)c5ccccc5-6)ccc3-4)cc21. The summed E-state index contributed by atoms with van der Waals surface area (Å²) in [5.41, 5.74) is 21.1. The largest absolute Gasteiger partial charge is 0.256 e. The number of rotatable bonds is 2. The van der Waals surface area contributed by atoms with Crippen LogP contribution in [0.4, 0.5) is 0 Å². The van der Waals surface area contributed by atoms with E-state index in [0.717, 1.165) is 5.69 Å². The summed E-state index contributed by atoms with van der Waals surface area (Å²) in [5, 5.41) is 0. The van der Waals surface area contributed by atoms with Crippen LogP contribution in [0.5, 0.6) is 0 Å². The molecule has 0 atom stereocenters. The van der Waals surface area contributed by atoms with Crippen LogP contribution in [0.1, 0.15) is 74.9 Å². The van der Waals surface area contributed by atoms with Gasteiger partial charge in [-0.05, 0) is 102 Å². The zero-order valence-electron chi connectivity index (χ0n) is 26.9. The lowest BCUT2D eigenvalue weighted by atomic mass is 9.78. The molecule has 45 heavy (non-hydrogen) atoms. The molecule has 1 aromatic heterocycles. The molecule has 0 saturated carbocycles. The van der Waals surface area contributed by atoms with E-state index in [0.29, 0.717) is 0 Å². The van der Waals surface area contributed by atoms with E-state index in [1.54, 1.807) is 0 Å². The van der Waals surface area contributed by atoms with Crippen LogP contribution in [0.2, 0.25) is 0 Å². The van der Waals surface area contributed by atoms with Crippen LogP contribution >= 0.6 is 0 Å². The van der Waals surface area contributed by atoms with Gasteiger partial charge in [-0.15, -0.1) is 0 Å². The molecule has 1 nitrogen and oxygen atoms in total. The lowest BCUT2D eigenvalue weighted by molar-refractivity contribution is 0.658. The Kier molecular flexibility index (Phi) is 5.15. The number of hydrogen-bond donors (Lipinski definition) is 0. The van der Waals surface area contributed by atoms with Gasteiger partial charge in [0.25, 0.3) is 0 Å². The standard InChI is InChI=1S/C44H37N/c1-42(2)35-13-9-7-11-30(35)31-18-15-26(23-37(31)42)27-16-19-32-33-20-17-28(25-39(33)43(3,4)38(32)24-27)29-21-22-45-41-34-12-8-10-14-36(34)44(5,6)40(29)41/h7-25H,1-6H3. The summed E-state index contributed by atoms with van der Waals surface area (Å²) in [4.78, 5) is 4.90. The monoisotopic (exact) mass is 579 g/mol. The van der Waals surface area contributed by atoms with Crippen molar-refractivity contribution in [3.63, 3.8) is 0 Å². The smallest absolute Gasteiger partial charge is 0.0752 e. The highest BCUT2D eigenvalue weighted by atomic mass is 14.7. The van der Waals surface area contributed by atoms with Crippen molar-refractivity contribution in [2.45, 2.75) is 57.8 Å². The minimum absolute atomic E-state index is 0.00631. The van der Waals surface area contributed by atoms with Gasteiger partial charge in [0.05, 0.1) is 5.69 Å². The van der Waals surface area contributed by atoms with Crippen molar-refractivity contribution in [3.05, 3.63) is 149 Å². The van der Waals surface area contributed by atoms with Gasteiger partial charge >= 0.3 is 0 Å². The molecular formula is C44H37N. The Bertz CT molecular complexity index is 2240. The molecule has 9 rings (SSSR count). The molecule has 3 aliphatic rings. The third-order valence-corrected chi connectivity index (χ3v) is 11.3. The first kappa shape index (κ1) is 26.6. The van der Waals surface area contributed by atoms with Crippen molar-refractivity contribution < 1.29 is 0 Å². The number of hydrogen-bond acceptors (Lipinski definition) is 1. The summed E-state index contributed by atoms with van der Waals surface area (Å²) >= 11 is 0. The average Bonchev–Trinajstić information content (AvgIpc) is 3.54. The topological polar surface area (TPSA) is 12.9 Å². The van der Waals surface area contributed by atoms with Crippen molar-refractivity contribution in [2.24, 2.45) is 0 Å². The highest BCUT2D eigenvalue weighted by Gasteiger charge is 2.40. The first-order chi connectivity index (χ1) is 21.6. The normalized spacial score (nSPS) is 16.8. The second-order valence-electron chi connectivity index (χ2n) is 14.8. The minimum Gasteiger partial charge on any atom is -0.256 e. The molecule has 1 heteroatoms. The van der Waals surface area contributed by atoms with Crippen LogP contribution in [-0.4, -0.2) is 4.98 Å². The quantitative estimate of drug-likeness (QED) is 0.199. The number of nitrogens with zero attached hydrogens (tertiary/aromatic N) is 1. The Morgan fingerprint density at radius 2 is 0.822 bits per heavy atom. The van der Waals surface area contributed by atoms with Crippen molar-refractivity contribution in [1.29, 1.82) is 0 Å². The Balaban J connectivity index is 1.13. The molecule has 0 spiro atoms. The zero-order chi connectivity index (χ0) is 30.9. The van der Waals surface area contributed by atoms with Crippen molar-refractivity contribution >= 4 is 0 Å².